The molecule has 2 rings (SSSR count). The number of ether oxygens (including phenoxy) is 1. The Hall–Kier alpha value is -3.08. The molecule has 0 fully saturated rings. The molecular formula is C20H17F6NO4. The van der Waals surface area contributed by atoms with Crippen molar-refractivity contribution in [3.8, 4) is 0 Å². The zero-order chi connectivity index (χ0) is 23.4. The van der Waals surface area contributed by atoms with Gasteiger partial charge in [-0.25, -0.2) is 4.79 Å². The van der Waals surface area contributed by atoms with E-state index in [1.165, 1.54) is 6.07 Å². The predicted molar refractivity (Wildman–Crippen MR) is 95.5 cm³/mol. The van der Waals surface area contributed by atoms with Gasteiger partial charge in [-0.1, -0.05) is 30.3 Å². The first kappa shape index (κ1) is 24.2. The smallest absolute Gasteiger partial charge is 0.416 e. The fraction of sp³-hybridized carbons (Fsp3) is 0.300. The van der Waals surface area contributed by atoms with Crippen LogP contribution in [0.3, 0.4) is 0 Å². The molecule has 11 heteroatoms. The lowest BCUT2D eigenvalue weighted by atomic mass is 10.0. The van der Waals surface area contributed by atoms with E-state index in [1.807, 2.05) is 0 Å². The van der Waals surface area contributed by atoms with Crippen LogP contribution in [0.4, 0.5) is 26.3 Å². The second kappa shape index (κ2) is 9.38. The Morgan fingerprint density at radius 3 is 2.06 bits per heavy atom. The van der Waals surface area contributed by atoms with Crippen molar-refractivity contribution in [2.75, 3.05) is 7.11 Å². The van der Waals surface area contributed by atoms with Crippen LogP contribution in [0.25, 0.3) is 0 Å². The van der Waals surface area contributed by atoms with E-state index in [9.17, 15) is 41.0 Å². The van der Waals surface area contributed by atoms with Gasteiger partial charge in [0.15, 0.2) is 6.10 Å². The standard InChI is InChI=1S/C20H17F6NO4/c1-31-18(30)15(10-11-3-2-4-14(9-11)20(24,25)26)27-17(29)16(28)12-5-7-13(8-6-12)19(21,22)23/h2-9,15-16,28H,10H2,1H3,(H,27,29)/t15-,16+/m1/s1. The Balaban J connectivity index is 2.17. The lowest BCUT2D eigenvalue weighted by Gasteiger charge is -2.20. The first-order valence-corrected chi connectivity index (χ1v) is 8.72. The number of carbonyl (C=O) groups excluding carboxylic acids is 2. The Kier molecular flexibility index (Phi) is 7.32. The largest absolute Gasteiger partial charge is 0.467 e. The number of benzene rings is 2. The lowest BCUT2D eigenvalue weighted by Crippen LogP contribution is -2.45. The number of aliphatic hydroxyl groups is 1. The molecular weight excluding hydrogens is 432 g/mol. The van der Waals surface area contributed by atoms with E-state index in [0.717, 1.165) is 37.4 Å². The van der Waals surface area contributed by atoms with Crippen molar-refractivity contribution in [1.82, 2.24) is 5.32 Å². The molecule has 168 valence electrons. The number of rotatable bonds is 6. The molecule has 0 saturated heterocycles. The SMILES string of the molecule is COC(=O)[C@@H](Cc1cccc(C(F)(F)F)c1)NC(=O)[C@@H](O)c1ccc(C(F)(F)F)cc1. The van der Waals surface area contributed by atoms with Crippen molar-refractivity contribution in [3.63, 3.8) is 0 Å². The Bertz CT molecular complexity index is 925. The summed E-state index contributed by atoms with van der Waals surface area (Å²) >= 11 is 0. The zero-order valence-electron chi connectivity index (χ0n) is 15.9. The fourth-order valence-corrected chi connectivity index (χ4v) is 2.70. The average molecular weight is 449 g/mol. The maximum absolute atomic E-state index is 12.9. The molecule has 2 aromatic rings. The quantitative estimate of drug-likeness (QED) is 0.522. The summed E-state index contributed by atoms with van der Waals surface area (Å²) in [5.74, 6) is -2.12. The summed E-state index contributed by atoms with van der Waals surface area (Å²) in [5.41, 5.74) is -2.05. The van der Waals surface area contributed by atoms with Crippen LogP contribution in [0.5, 0.6) is 0 Å². The summed E-state index contributed by atoms with van der Waals surface area (Å²) in [6.45, 7) is 0. The van der Waals surface area contributed by atoms with Crippen molar-refractivity contribution in [2.45, 2.75) is 30.9 Å². The molecule has 0 aromatic heterocycles. The molecule has 2 aromatic carbocycles. The molecule has 0 unspecified atom stereocenters. The van der Waals surface area contributed by atoms with Crippen molar-refractivity contribution in [2.24, 2.45) is 0 Å². The van der Waals surface area contributed by atoms with E-state index in [1.54, 1.807) is 0 Å². The van der Waals surface area contributed by atoms with Crippen molar-refractivity contribution < 1.29 is 45.8 Å². The molecule has 0 spiro atoms. The monoisotopic (exact) mass is 449 g/mol. The molecule has 0 aliphatic heterocycles. The normalized spacial score (nSPS) is 13.9. The third-order valence-corrected chi connectivity index (χ3v) is 4.30. The Morgan fingerprint density at radius 2 is 1.55 bits per heavy atom. The number of nitrogens with one attached hydrogen (secondary N) is 1. The molecule has 0 radical (unpaired) electrons. The van der Waals surface area contributed by atoms with Crippen molar-refractivity contribution in [1.29, 1.82) is 0 Å². The number of esters is 1. The highest BCUT2D eigenvalue weighted by molar-refractivity contribution is 5.87. The van der Waals surface area contributed by atoms with Crippen molar-refractivity contribution in [3.05, 3.63) is 70.8 Å². The van der Waals surface area contributed by atoms with Crippen LogP contribution in [-0.2, 0) is 33.1 Å². The van der Waals surface area contributed by atoms with Crippen LogP contribution >= 0.6 is 0 Å². The third-order valence-electron chi connectivity index (χ3n) is 4.30. The number of carbonyl (C=O) groups is 2. The van der Waals surface area contributed by atoms with Crippen LogP contribution in [0.15, 0.2) is 48.5 Å². The van der Waals surface area contributed by atoms with E-state index in [-0.39, 0.29) is 17.5 Å². The molecule has 1 amide bonds. The number of hydrogen-bond donors (Lipinski definition) is 2. The number of hydrogen-bond acceptors (Lipinski definition) is 4. The summed E-state index contributed by atoms with van der Waals surface area (Å²) < 4.78 is 81.0. The van der Waals surface area contributed by atoms with Gasteiger partial charge >= 0.3 is 18.3 Å². The van der Waals surface area contributed by atoms with Crippen molar-refractivity contribution >= 4 is 11.9 Å². The maximum atomic E-state index is 12.9. The molecule has 2 N–H and O–H groups in total. The molecule has 31 heavy (non-hydrogen) atoms. The minimum Gasteiger partial charge on any atom is -0.467 e. The van der Waals surface area contributed by atoms with E-state index in [0.29, 0.717) is 12.1 Å². The van der Waals surface area contributed by atoms with Gasteiger partial charge in [0, 0.05) is 6.42 Å². The first-order chi connectivity index (χ1) is 14.3. The zero-order valence-corrected chi connectivity index (χ0v) is 15.9. The van der Waals surface area contributed by atoms with Gasteiger partial charge in [0.1, 0.15) is 6.04 Å². The molecule has 5 nitrogen and oxygen atoms in total. The van der Waals surface area contributed by atoms with Gasteiger partial charge in [-0.2, -0.15) is 26.3 Å². The maximum Gasteiger partial charge on any atom is 0.416 e. The van der Waals surface area contributed by atoms with E-state index in [2.05, 4.69) is 10.1 Å². The average Bonchev–Trinajstić information content (AvgIpc) is 2.71. The summed E-state index contributed by atoms with van der Waals surface area (Å²) in [6.07, 6.45) is -11.5. The Morgan fingerprint density at radius 1 is 0.968 bits per heavy atom. The van der Waals surface area contributed by atoms with Gasteiger partial charge < -0.3 is 15.2 Å². The summed E-state index contributed by atoms with van der Waals surface area (Å²) in [5, 5.41) is 12.3. The van der Waals surface area contributed by atoms with Crippen LogP contribution < -0.4 is 5.32 Å². The number of alkyl halides is 6. The first-order valence-electron chi connectivity index (χ1n) is 8.72. The van der Waals surface area contributed by atoms with Crippen LogP contribution in [0.1, 0.15) is 28.4 Å². The van der Waals surface area contributed by atoms with E-state index >= 15 is 0 Å². The predicted octanol–water partition coefficient (Wildman–Crippen LogP) is 3.66. The van der Waals surface area contributed by atoms with Gasteiger partial charge in [0.25, 0.3) is 5.91 Å². The summed E-state index contributed by atoms with van der Waals surface area (Å²) in [6, 6.07) is 5.77. The summed E-state index contributed by atoms with van der Waals surface area (Å²) in [4.78, 5) is 24.3. The number of amides is 1. The molecule has 0 bridgehead atoms. The highest BCUT2D eigenvalue weighted by Gasteiger charge is 2.32. The highest BCUT2D eigenvalue weighted by Crippen LogP contribution is 2.31. The second-order valence-corrected chi connectivity index (χ2v) is 6.51. The number of halogens is 6. The minimum atomic E-state index is -4.61. The minimum absolute atomic E-state index is 0.0644. The highest BCUT2D eigenvalue weighted by atomic mass is 19.4. The third kappa shape index (κ3) is 6.45. The number of aliphatic hydroxyl groups excluding tert-OH is 1. The number of methoxy groups -OCH3 is 1. The van der Waals surface area contributed by atoms with E-state index in [4.69, 9.17) is 0 Å². The molecule has 0 aliphatic carbocycles. The van der Waals surface area contributed by atoms with E-state index < -0.39 is 47.5 Å². The topological polar surface area (TPSA) is 75.6 Å². The molecule has 0 saturated carbocycles. The van der Waals surface area contributed by atoms with Gasteiger partial charge in [-0.15, -0.1) is 0 Å². The molecule has 0 heterocycles. The van der Waals surface area contributed by atoms with Crippen LogP contribution in [0.2, 0.25) is 0 Å². The van der Waals surface area contributed by atoms with Gasteiger partial charge in [-0.3, -0.25) is 4.79 Å². The fourth-order valence-electron chi connectivity index (χ4n) is 2.70. The van der Waals surface area contributed by atoms with Gasteiger partial charge in [-0.05, 0) is 29.3 Å². The molecule has 2 atom stereocenters. The second-order valence-electron chi connectivity index (χ2n) is 6.51. The van der Waals surface area contributed by atoms with Crippen LogP contribution in [-0.4, -0.2) is 30.1 Å². The Labute approximate surface area is 172 Å². The van der Waals surface area contributed by atoms with Crippen LogP contribution in [0, 0.1) is 0 Å². The van der Waals surface area contributed by atoms with Gasteiger partial charge in [0.05, 0.1) is 18.2 Å². The molecule has 0 aliphatic rings. The van der Waals surface area contributed by atoms with Gasteiger partial charge in [0.2, 0.25) is 0 Å². The lowest BCUT2D eigenvalue weighted by molar-refractivity contribution is -0.146. The summed E-state index contributed by atoms with van der Waals surface area (Å²) in [7, 11) is 1.000.